The maximum atomic E-state index is 13.4. The molecule has 4 N–H and O–H groups in total. The van der Waals surface area contributed by atoms with Gasteiger partial charge in [-0.05, 0) is 0 Å². The Hall–Kier alpha value is -2.51. The molecule has 0 saturated carbocycles. The van der Waals surface area contributed by atoms with E-state index in [1.54, 1.807) is 19.1 Å². The molecule has 188 valence electrons. The van der Waals surface area contributed by atoms with E-state index in [0.717, 1.165) is 0 Å². The zero-order chi connectivity index (χ0) is 25.9. The number of hydrogen-bond acceptors (Lipinski definition) is 8. The molecule has 2 unspecified atom stereocenters. The molecule has 9 heteroatoms. The zero-order valence-corrected chi connectivity index (χ0v) is 21.6. The van der Waals surface area contributed by atoms with Crippen LogP contribution < -0.4 is 0 Å². The summed E-state index contributed by atoms with van der Waals surface area (Å²) in [4.78, 5) is 39.2. The number of ketones is 3. The third-order valence-electron chi connectivity index (χ3n) is 7.83. The molecule has 0 spiro atoms. The summed E-state index contributed by atoms with van der Waals surface area (Å²) in [6.45, 7) is 1.12. The Morgan fingerprint density at radius 3 is 2.25 bits per heavy atom. The number of carbonyl (C=O) groups excluding carboxylic acids is 3. The van der Waals surface area contributed by atoms with Gasteiger partial charge in [-0.3, -0.25) is 0 Å². The van der Waals surface area contributed by atoms with Crippen molar-refractivity contribution in [3.63, 3.8) is 0 Å². The summed E-state index contributed by atoms with van der Waals surface area (Å²) in [6, 6.07) is 6.28. The summed E-state index contributed by atoms with van der Waals surface area (Å²) in [6.07, 6.45) is -0.0941. The average molecular weight is 554 g/mol. The second kappa shape index (κ2) is 9.42. The summed E-state index contributed by atoms with van der Waals surface area (Å²) in [5.74, 6) is -3.35. The van der Waals surface area contributed by atoms with E-state index in [1.165, 1.54) is 12.1 Å². The number of phenols is 2. The summed E-state index contributed by atoms with van der Waals surface area (Å²) in [5, 5.41) is 42.5. The number of aromatic hydroxyl groups is 2. The normalized spacial score (nSPS) is 29.3. The van der Waals surface area contributed by atoms with E-state index in [-0.39, 0.29) is 57.2 Å². The Morgan fingerprint density at radius 2 is 1.67 bits per heavy atom. The van der Waals surface area contributed by atoms with Crippen LogP contribution in [0.4, 0.5) is 0 Å². The van der Waals surface area contributed by atoms with Gasteiger partial charge in [0.25, 0.3) is 0 Å². The van der Waals surface area contributed by atoms with Crippen LogP contribution in [0.25, 0.3) is 0 Å². The Kier molecular flexibility index (Phi) is 6.58. The molecule has 2 radical (unpaired) electrons. The SMILES string of the molecule is C[C@@H]1O[C@@H](CC2CC(C(=O)CO)Cc3c(O)c4c(c(O)c32)C(=O)c2ccccc2C4=O)C[C@H]([As])[C@@H]1O. The molecule has 2 aromatic rings. The van der Waals surface area contributed by atoms with Gasteiger partial charge in [0.15, 0.2) is 0 Å². The van der Waals surface area contributed by atoms with Crippen LogP contribution in [0.1, 0.15) is 75.1 Å². The second-order valence-corrected chi connectivity index (χ2v) is 11.4. The molecular weight excluding hydrogens is 527 g/mol. The molecule has 0 aromatic heterocycles. The Bertz CT molecular complexity index is 1260. The average Bonchev–Trinajstić information content (AvgIpc) is 2.87. The quantitative estimate of drug-likeness (QED) is 0.284. The molecule has 6 atom stereocenters. The van der Waals surface area contributed by atoms with E-state index < -0.39 is 53.7 Å². The molecule has 3 aliphatic rings. The predicted octanol–water partition coefficient (Wildman–Crippen LogP) is 1.97. The van der Waals surface area contributed by atoms with Gasteiger partial charge in [0.2, 0.25) is 0 Å². The van der Waals surface area contributed by atoms with Crippen molar-refractivity contribution in [2.75, 3.05) is 6.61 Å². The van der Waals surface area contributed by atoms with Crippen LogP contribution in [0.2, 0.25) is 4.71 Å². The van der Waals surface area contributed by atoms with Gasteiger partial charge in [0.05, 0.1) is 0 Å². The van der Waals surface area contributed by atoms with Crippen LogP contribution in [0, 0.1) is 5.92 Å². The van der Waals surface area contributed by atoms with Crippen LogP contribution in [0.15, 0.2) is 24.3 Å². The first-order valence-corrected chi connectivity index (χ1v) is 13.2. The third-order valence-corrected chi connectivity index (χ3v) is 8.92. The van der Waals surface area contributed by atoms with Crippen molar-refractivity contribution in [2.24, 2.45) is 5.92 Å². The fourth-order valence-electron chi connectivity index (χ4n) is 6.04. The molecule has 0 bridgehead atoms. The van der Waals surface area contributed by atoms with Crippen LogP contribution in [0.3, 0.4) is 0 Å². The summed E-state index contributed by atoms with van der Waals surface area (Å²) >= 11 is 2.45. The molecule has 2 aromatic carbocycles. The molecule has 1 aliphatic heterocycles. The van der Waals surface area contributed by atoms with Crippen molar-refractivity contribution in [3.05, 3.63) is 57.6 Å². The topological polar surface area (TPSA) is 141 Å². The van der Waals surface area contributed by atoms with Crippen molar-refractivity contribution in [3.8, 4) is 11.5 Å². The number of aliphatic hydroxyl groups is 2. The van der Waals surface area contributed by atoms with E-state index in [2.05, 4.69) is 16.9 Å². The number of carbonyl (C=O) groups is 3. The minimum absolute atomic E-state index is 0.0367. The number of phenolic OH excluding ortho intramolecular Hbond substituents is 2. The van der Waals surface area contributed by atoms with Gasteiger partial charge >= 0.3 is 211 Å². The fraction of sp³-hybridized carbons (Fsp3) is 0.444. The molecule has 2 aliphatic carbocycles. The summed E-state index contributed by atoms with van der Waals surface area (Å²) in [5.41, 5.74) is 0.444. The Morgan fingerprint density at radius 1 is 1.06 bits per heavy atom. The minimum atomic E-state index is -0.660. The number of fused-ring (bicyclic) bond motifs is 3. The Balaban J connectivity index is 1.63. The first-order chi connectivity index (χ1) is 17.1. The number of aliphatic hydroxyl groups excluding tert-OH is 2. The second-order valence-electron chi connectivity index (χ2n) is 9.99. The van der Waals surface area contributed by atoms with E-state index in [9.17, 15) is 34.8 Å². The van der Waals surface area contributed by atoms with Gasteiger partial charge in [-0.25, -0.2) is 0 Å². The summed E-state index contributed by atoms with van der Waals surface area (Å²) < 4.78 is 5.94. The predicted molar refractivity (Wildman–Crippen MR) is 129 cm³/mol. The molecular formula is C27H27AsO8. The molecule has 1 fully saturated rings. The first-order valence-electron chi connectivity index (χ1n) is 12.1. The maximum absolute atomic E-state index is 13.4. The van der Waals surface area contributed by atoms with E-state index in [1.807, 2.05) is 0 Å². The van der Waals surface area contributed by atoms with Crippen molar-refractivity contribution < 1.29 is 39.5 Å². The van der Waals surface area contributed by atoms with Gasteiger partial charge in [-0.1, -0.05) is 6.07 Å². The van der Waals surface area contributed by atoms with Gasteiger partial charge in [0.1, 0.15) is 0 Å². The van der Waals surface area contributed by atoms with Crippen LogP contribution in [-0.4, -0.2) is 79.5 Å². The Labute approximate surface area is 216 Å². The number of rotatable bonds is 4. The monoisotopic (exact) mass is 554 g/mol. The van der Waals surface area contributed by atoms with Crippen LogP contribution >= 0.6 is 0 Å². The zero-order valence-electron chi connectivity index (χ0n) is 19.7. The van der Waals surface area contributed by atoms with Crippen LogP contribution in [-0.2, 0) is 16.0 Å². The van der Waals surface area contributed by atoms with Gasteiger partial charge in [0, 0.05) is 0 Å². The molecule has 0 amide bonds. The van der Waals surface area contributed by atoms with Gasteiger partial charge < -0.3 is 0 Å². The fourth-order valence-corrected chi connectivity index (χ4v) is 7.04. The number of benzene rings is 2. The molecule has 36 heavy (non-hydrogen) atoms. The molecule has 1 saturated heterocycles. The van der Waals surface area contributed by atoms with Gasteiger partial charge in [-0.15, -0.1) is 0 Å². The number of ether oxygens (including phenoxy) is 1. The summed E-state index contributed by atoms with van der Waals surface area (Å²) in [7, 11) is 0. The van der Waals surface area contributed by atoms with Crippen molar-refractivity contribution in [1.82, 2.24) is 0 Å². The third kappa shape index (κ3) is 3.91. The van der Waals surface area contributed by atoms with Crippen molar-refractivity contribution in [2.45, 2.75) is 61.5 Å². The van der Waals surface area contributed by atoms with E-state index in [0.29, 0.717) is 18.4 Å². The standard InChI is InChI=1S/C27H27AsO8/c1-11-23(31)18(28)9-14(36-11)7-13-6-12(19(30)10-29)8-17-20(13)27(35)22-21(26(17)34)24(32)15-4-2-3-5-16(15)25(22)33/h2-5,11-14,18,23,29,31,34-35H,6-10H2,1H3/t11-,12?,13?,14-,18-,23+/m0/s1. The van der Waals surface area contributed by atoms with Crippen LogP contribution in [0.5, 0.6) is 11.5 Å². The van der Waals surface area contributed by atoms with Crippen molar-refractivity contribution in [1.29, 1.82) is 0 Å². The molecule has 5 rings (SSSR count). The van der Waals surface area contributed by atoms with E-state index >= 15 is 0 Å². The number of hydrogen-bond donors (Lipinski definition) is 4. The first kappa shape index (κ1) is 25.2. The number of Topliss-reactive ketones (excluding diaryl/α,β-unsaturated/α-hetero) is 1. The van der Waals surface area contributed by atoms with Crippen molar-refractivity contribution >= 4 is 34.2 Å². The molecule has 1 heterocycles. The van der Waals surface area contributed by atoms with Gasteiger partial charge in [-0.2, -0.15) is 0 Å². The van der Waals surface area contributed by atoms with E-state index in [4.69, 9.17) is 4.74 Å². The molecule has 8 nitrogen and oxygen atoms in total.